The number of hydrogen-bond donors (Lipinski definition) is 0. The van der Waals surface area contributed by atoms with Crippen LogP contribution in [0.3, 0.4) is 0 Å². The third-order valence-corrected chi connectivity index (χ3v) is 2.07. The summed E-state index contributed by atoms with van der Waals surface area (Å²) >= 11 is 0. The zero-order valence-electron chi connectivity index (χ0n) is 8.14. The van der Waals surface area contributed by atoms with Gasteiger partial charge in [0.1, 0.15) is 0 Å². The highest BCUT2D eigenvalue weighted by atomic mass is 14.8. The Bertz CT molecular complexity index is 400. The maximum Gasteiger partial charge on any atom is 0.0886 e. The van der Waals surface area contributed by atoms with Crippen molar-refractivity contribution in [3.8, 4) is 0 Å². The topological polar surface area (TPSA) is 25.2 Å². The average Bonchev–Trinajstić information content (AvgIpc) is 2.44. The van der Waals surface area contributed by atoms with Gasteiger partial charge in [0, 0.05) is 12.4 Å². The van der Waals surface area contributed by atoms with Crippen LogP contribution < -0.4 is 0 Å². The fraction of sp³-hybridized carbons (Fsp3) is 0.167. The van der Waals surface area contributed by atoms with E-state index in [1.807, 2.05) is 24.4 Å². The van der Waals surface area contributed by atoms with Crippen LogP contribution in [0.2, 0.25) is 0 Å². The van der Waals surface area contributed by atoms with Crippen molar-refractivity contribution in [1.29, 1.82) is 0 Å². The summed E-state index contributed by atoms with van der Waals surface area (Å²) in [6, 6.07) is 5.86. The molecule has 0 unspecified atom stereocenters. The quantitative estimate of drug-likeness (QED) is 0.658. The molecule has 2 rings (SSSR count). The van der Waals surface area contributed by atoms with E-state index in [1.54, 1.807) is 6.20 Å². The van der Waals surface area contributed by atoms with E-state index in [0.717, 1.165) is 17.8 Å². The molecule has 70 valence electrons. The molecule has 0 saturated carbocycles. The second-order valence-electron chi connectivity index (χ2n) is 3.31. The number of aromatic nitrogens is 1. The molecule has 2 nitrogen and oxygen atoms in total. The third-order valence-electron chi connectivity index (χ3n) is 2.07. The maximum atomic E-state index is 4.34. The van der Waals surface area contributed by atoms with E-state index in [2.05, 4.69) is 29.1 Å². The van der Waals surface area contributed by atoms with Gasteiger partial charge < -0.3 is 0 Å². The molecule has 1 aliphatic heterocycles. The Balaban J connectivity index is 2.39. The lowest BCUT2D eigenvalue weighted by molar-refractivity contribution is 1.22. The highest BCUT2D eigenvalue weighted by molar-refractivity contribution is 6.08. The van der Waals surface area contributed by atoms with Crippen LogP contribution in [0.5, 0.6) is 0 Å². The Morgan fingerprint density at radius 2 is 2.21 bits per heavy atom. The molecule has 0 N–H and O–H groups in total. The summed E-state index contributed by atoms with van der Waals surface area (Å²) in [6.45, 7) is 2.11. The lowest BCUT2D eigenvalue weighted by Gasteiger charge is -1.99. The van der Waals surface area contributed by atoms with E-state index in [4.69, 9.17) is 0 Å². The lowest BCUT2D eigenvalue weighted by atomic mass is 10.1. The van der Waals surface area contributed by atoms with Crippen molar-refractivity contribution in [1.82, 2.24) is 4.98 Å². The van der Waals surface area contributed by atoms with Crippen LogP contribution in [-0.4, -0.2) is 10.7 Å². The Morgan fingerprint density at radius 3 is 3.00 bits per heavy atom. The normalized spacial score (nSPS) is 15.8. The van der Waals surface area contributed by atoms with Crippen LogP contribution in [0.4, 0.5) is 0 Å². The summed E-state index contributed by atoms with van der Waals surface area (Å²) < 4.78 is 0. The number of allylic oxidation sites excluding steroid dienone is 3. The van der Waals surface area contributed by atoms with Gasteiger partial charge in [0.05, 0.1) is 11.4 Å². The average molecular weight is 184 g/mol. The Hall–Kier alpha value is -1.70. The minimum Gasteiger partial charge on any atom is -0.255 e. The summed E-state index contributed by atoms with van der Waals surface area (Å²) in [4.78, 5) is 8.61. The fourth-order valence-corrected chi connectivity index (χ4v) is 1.36. The Labute approximate surface area is 83.7 Å². The number of aliphatic imine (C=N–C) groups is 1. The van der Waals surface area contributed by atoms with E-state index in [1.165, 1.54) is 5.57 Å². The summed E-state index contributed by atoms with van der Waals surface area (Å²) in [5, 5.41) is 0. The highest BCUT2D eigenvalue weighted by Gasteiger charge is 2.02. The van der Waals surface area contributed by atoms with Gasteiger partial charge in [-0.15, -0.1) is 0 Å². The van der Waals surface area contributed by atoms with E-state index >= 15 is 0 Å². The molecule has 0 fully saturated rings. The number of hydrogen-bond acceptors (Lipinski definition) is 2. The molecular formula is C12H12N2. The van der Waals surface area contributed by atoms with Crippen molar-refractivity contribution in [2.45, 2.75) is 13.3 Å². The highest BCUT2D eigenvalue weighted by Crippen LogP contribution is 2.09. The zero-order valence-corrected chi connectivity index (χ0v) is 8.14. The second-order valence-corrected chi connectivity index (χ2v) is 3.31. The smallest absolute Gasteiger partial charge is 0.0886 e. The van der Waals surface area contributed by atoms with Crippen LogP contribution >= 0.6 is 0 Å². The number of nitrogens with zero attached hydrogens (tertiary/aromatic N) is 2. The van der Waals surface area contributed by atoms with Crippen LogP contribution in [-0.2, 0) is 0 Å². The first-order valence-corrected chi connectivity index (χ1v) is 4.67. The van der Waals surface area contributed by atoms with E-state index in [9.17, 15) is 0 Å². The van der Waals surface area contributed by atoms with Crippen LogP contribution in [0, 0.1) is 0 Å². The van der Waals surface area contributed by atoms with Gasteiger partial charge in [-0.1, -0.05) is 17.7 Å². The molecule has 14 heavy (non-hydrogen) atoms. The Kier molecular flexibility index (Phi) is 2.54. The molecule has 0 amide bonds. The lowest BCUT2D eigenvalue weighted by Crippen LogP contribution is -1.99. The van der Waals surface area contributed by atoms with Gasteiger partial charge in [0.15, 0.2) is 0 Å². The second kappa shape index (κ2) is 4.01. The van der Waals surface area contributed by atoms with Crippen molar-refractivity contribution in [2.75, 3.05) is 0 Å². The summed E-state index contributed by atoms with van der Waals surface area (Å²) in [7, 11) is 0. The van der Waals surface area contributed by atoms with Crippen molar-refractivity contribution in [3.63, 3.8) is 0 Å². The SMILES string of the molecule is CC1=CC(c2ccccn2)=NC=CC1. The molecule has 0 aliphatic carbocycles. The summed E-state index contributed by atoms with van der Waals surface area (Å²) in [5.41, 5.74) is 3.18. The zero-order chi connectivity index (χ0) is 9.80. The minimum atomic E-state index is 0.929. The molecule has 0 spiro atoms. The summed E-state index contributed by atoms with van der Waals surface area (Å²) in [6.07, 6.45) is 8.75. The van der Waals surface area contributed by atoms with Crippen LogP contribution in [0.25, 0.3) is 0 Å². The standard InChI is InChI=1S/C12H12N2/c1-10-5-4-8-14-12(9-10)11-6-2-3-7-13-11/h2-4,6-9H,5H2,1H3. The van der Waals surface area contributed by atoms with Crippen LogP contribution in [0.1, 0.15) is 19.0 Å². The first-order chi connectivity index (χ1) is 6.86. The molecule has 0 atom stereocenters. The largest absolute Gasteiger partial charge is 0.255 e. The van der Waals surface area contributed by atoms with Gasteiger partial charge in [-0.05, 0) is 31.6 Å². The third kappa shape index (κ3) is 1.96. The first-order valence-electron chi connectivity index (χ1n) is 4.67. The molecule has 0 aromatic carbocycles. The number of rotatable bonds is 1. The van der Waals surface area contributed by atoms with Crippen molar-refractivity contribution >= 4 is 5.71 Å². The van der Waals surface area contributed by atoms with E-state index in [0.29, 0.717) is 0 Å². The van der Waals surface area contributed by atoms with Gasteiger partial charge >= 0.3 is 0 Å². The van der Waals surface area contributed by atoms with Gasteiger partial charge in [-0.2, -0.15) is 0 Å². The van der Waals surface area contributed by atoms with Gasteiger partial charge in [0.2, 0.25) is 0 Å². The molecule has 2 heterocycles. The molecule has 2 heteroatoms. The fourth-order valence-electron chi connectivity index (χ4n) is 1.36. The number of pyridine rings is 1. The van der Waals surface area contributed by atoms with Gasteiger partial charge in [0.25, 0.3) is 0 Å². The molecule has 1 aromatic heterocycles. The predicted molar refractivity (Wildman–Crippen MR) is 58.3 cm³/mol. The van der Waals surface area contributed by atoms with Crippen molar-refractivity contribution in [2.24, 2.45) is 4.99 Å². The van der Waals surface area contributed by atoms with Gasteiger partial charge in [-0.3, -0.25) is 9.98 Å². The molecule has 0 bridgehead atoms. The van der Waals surface area contributed by atoms with Crippen LogP contribution in [0.15, 0.2) is 53.3 Å². The van der Waals surface area contributed by atoms with Gasteiger partial charge in [-0.25, -0.2) is 0 Å². The van der Waals surface area contributed by atoms with Crippen molar-refractivity contribution < 1.29 is 0 Å². The monoisotopic (exact) mass is 184 g/mol. The van der Waals surface area contributed by atoms with E-state index < -0.39 is 0 Å². The predicted octanol–water partition coefficient (Wildman–Crippen LogP) is 2.73. The van der Waals surface area contributed by atoms with E-state index in [-0.39, 0.29) is 0 Å². The minimum absolute atomic E-state index is 0.929. The first kappa shape index (κ1) is 8.88. The Morgan fingerprint density at radius 1 is 1.29 bits per heavy atom. The molecular weight excluding hydrogens is 172 g/mol. The molecule has 1 aromatic rings. The maximum absolute atomic E-state index is 4.34. The van der Waals surface area contributed by atoms with Crippen molar-refractivity contribution in [3.05, 3.63) is 54.0 Å². The summed E-state index contributed by atoms with van der Waals surface area (Å²) in [5.74, 6) is 0. The molecule has 0 saturated heterocycles. The molecule has 0 radical (unpaired) electrons. The molecule has 1 aliphatic rings.